The molecule has 0 atom stereocenters. The average Bonchev–Trinajstić information content (AvgIpc) is 2.29. The van der Waals surface area contributed by atoms with Crippen molar-refractivity contribution in [3.63, 3.8) is 0 Å². The van der Waals surface area contributed by atoms with Gasteiger partial charge in [-0.1, -0.05) is 18.2 Å². The van der Waals surface area contributed by atoms with Gasteiger partial charge in [0, 0.05) is 5.56 Å². The van der Waals surface area contributed by atoms with Gasteiger partial charge >= 0.3 is 0 Å². The molecule has 0 radical (unpaired) electrons. The van der Waals surface area contributed by atoms with Gasteiger partial charge in [0.2, 0.25) is 0 Å². The van der Waals surface area contributed by atoms with Crippen LogP contribution in [0.3, 0.4) is 0 Å². The Kier molecular flexibility index (Phi) is 3.37. The quantitative estimate of drug-likeness (QED) is 0.871. The van der Waals surface area contributed by atoms with E-state index in [0.29, 0.717) is 0 Å². The maximum Gasteiger partial charge on any atom is 0.140 e. The van der Waals surface area contributed by atoms with Crippen molar-refractivity contribution in [2.45, 2.75) is 19.4 Å². The molecule has 0 amide bonds. The zero-order valence-corrected chi connectivity index (χ0v) is 10.5. The predicted octanol–water partition coefficient (Wildman–Crippen LogP) is 4.00. The van der Waals surface area contributed by atoms with Crippen molar-refractivity contribution in [1.82, 2.24) is 0 Å². The minimum Gasteiger partial charge on any atom is -0.386 e. The molecular weight excluding hydrogens is 253 g/mol. The molecule has 1 nitrogen and oxygen atoms in total. The Morgan fingerprint density at radius 3 is 2.00 bits per heavy atom. The second-order valence-corrected chi connectivity index (χ2v) is 4.85. The van der Waals surface area contributed by atoms with Crippen molar-refractivity contribution in [2.75, 3.05) is 0 Å². The second-order valence-electron chi connectivity index (χ2n) is 4.85. The van der Waals surface area contributed by atoms with Crippen LogP contribution in [0.25, 0.3) is 11.1 Å². The van der Waals surface area contributed by atoms with E-state index in [1.54, 1.807) is 0 Å². The van der Waals surface area contributed by atoms with Gasteiger partial charge in [-0.05, 0) is 37.6 Å². The van der Waals surface area contributed by atoms with Crippen LogP contribution < -0.4 is 0 Å². The third kappa shape index (κ3) is 2.63. The van der Waals surface area contributed by atoms with Crippen LogP contribution >= 0.6 is 0 Å². The Morgan fingerprint density at radius 1 is 0.895 bits per heavy atom. The van der Waals surface area contributed by atoms with Gasteiger partial charge in [-0.25, -0.2) is 13.2 Å². The first-order valence-electron chi connectivity index (χ1n) is 5.77. The average molecular weight is 266 g/mol. The molecular formula is C15H13F3O. The molecule has 0 bridgehead atoms. The number of rotatable bonds is 2. The number of hydrogen-bond donors (Lipinski definition) is 1. The van der Waals surface area contributed by atoms with E-state index in [1.165, 1.54) is 32.0 Å². The Labute approximate surface area is 109 Å². The van der Waals surface area contributed by atoms with Crippen molar-refractivity contribution < 1.29 is 18.3 Å². The highest BCUT2D eigenvalue weighted by Gasteiger charge is 2.25. The smallest absolute Gasteiger partial charge is 0.140 e. The third-order valence-corrected chi connectivity index (χ3v) is 2.88. The van der Waals surface area contributed by atoms with E-state index in [0.717, 1.165) is 18.2 Å². The van der Waals surface area contributed by atoms with Crippen LogP contribution in [0, 0.1) is 17.5 Å². The molecule has 0 heterocycles. The Bertz CT molecular complexity index is 598. The topological polar surface area (TPSA) is 20.2 Å². The summed E-state index contributed by atoms with van der Waals surface area (Å²) in [6.07, 6.45) is 0. The van der Waals surface area contributed by atoms with Gasteiger partial charge < -0.3 is 5.11 Å². The molecule has 2 aromatic rings. The molecule has 4 heteroatoms. The van der Waals surface area contributed by atoms with Crippen molar-refractivity contribution in [3.8, 4) is 11.1 Å². The molecule has 0 aromatic heterocycles. The fourth-order valence-corrected chi connectivity index (χ4v) is 1.91. The number of halogens is 3. The summed E-state index contributed by atoms with van der Waals surface area (Å²) in [6.45, 7) is 2.83. The van der Waals surface area contributed by atoms with E-state index in [-0.39, 0.29) is 16.7 Å². The molecule has 0 aliphatic carbocycles. The van der Waals surface area contributed by atoms with Crippen LogP contribution in [0.15, 0.2) is 36.4 Å². The molecule has 0 saturated heterocycles. The first kappa shape index (κ1) is 13.6. The molecule has 19 heavy (non-hydrogen) atoms. The summed E-state index contributed by atoms with van der Waals surface area (Å²) in [7, 11) is 0. The number of aliphatic hydroxyl groups is 1. The van der Waals surface area contributed by atoms with Gasteiger partial charge in [0.25, 0.3) is 0 Å². The molecule has 2 rings (SSSR count). The fourth-order valence-electron chi connectivity index (χ4n) is 1.91. The minimum absolute atomic E-state index is 0.00627. The monoisotopic (exact) mass is 266 g/mol. The molecule has 0 saturated carbocycles. The normalized spacial score (nSPS) is 11.7. The summed E-state index contributed by atoms with van der Waals surface area (Å²) in [5.41, 5.74) is -1.47. The zero-order valence-electron chi connectivity index (χ0n) is 10.5. The van der Waals surface area contributed by atoms with Crippen molar-refractivity contribution in [3.05, 3.63) is 59.4 Å². The fraction of sp³-hybridized carbons (Fsp3) is 0.200. The van der Waals surface area contributed by atoms with Gasteiger partial charge in [-0.15, -0.1) is 0 Å². The summed E-state index contributed by atoms with van der Waals surface area (Å²) < 4.78 is 41.0. The van der Waals surface area contributed by atoms with E-state index in [1.807, 2.05) is 0 Å². The summed E-state index contributed by atoms with van der Waals surface area (Å²) in [6, 6.07) is 7.15. The van der Waals surface area contributed by atoms with E-state index in [4.69, 9.17) is 0 Å². The highest BCUT2D eigenvalue weighted by molar-refractivity contribution is 5.66. The van der Waals surface area contributed by atoms with Crippen LogP contribution in [0.4, 0.5) is 13.2 Å². The predicted molar refractivity (Wildman–Crippen MR) is 67.0 cm³/mol. The maximum absolute atomic E-state index is 14.3. The van der Waals surface area contributed by atoms with Gasteiger partial charge in [0.15, 0.2) is 0 Å². The highest BCUT2D eigenvalue weighted by atomic mass is 19.1. The van der Waals surface area contributed by atoms with Gasteiger partial charge in [0.05, 0.1) is 11.2 Å². The zero-order chi connectivity index (χ0) is 14.2. The largest absolute Gasteiger partial charge is 0.386 e. The first-order valence-corrected chi connectivity index (χ1v) is 5.77. The molecule has 1 N–H and O–H groups in total. The molecule has 0 aliphatic heterocycles. The van der Waals surface area contributed by atoms with Gasteiger partial charge in [-0.3, -0.25) is 0 Å². The summed E-state index contributed by atoms with van der Waals surface area (Å²) in [4.78, 5) is 0. The SMILES string of the molecule is CC(C)(O)c1ccc(F)c(-c2ccc(F)cc2)c1F. The molecule has 0 spiro atoms. The summed E-state index contributed by atoms with van der Waals surface area (Å²) >= 11 is 0. The van der Waals surface area contributed by atoms with Crippen LogP contribution in [0.2, 0.25) is 0 Å². The Hall–Kier alpha value is -1.81. The highest BCUT2D eigenvalue weighted by Crippen LogP contribution is 2.32. The van der Waals surface area contributed by atoms with Gasteiger partial charge in [0.1, 0.15) is 17.5 Å². The van der Waals surface area contributed by atoms with Crippen molar-refractivity contribution in [1.29, 1.82) is 0 Å². The van der Waals surface area contributed by atoms with Gasteiger partial charge in [-0.2, -0.15) is 0 Å². The standard InChI is InChI=1S/C15H13F3O/c1-15(2,19)11-7-8-12(17)13(14(11)18)9-3-5-10(16)6-4-9/h3-8,19H,1-2H3. The minimum atomic E-state index is -1.42. The number of benzene rings is 2. The lowest BCUT2D eigenvalue weighted by molar-refractivity contribution is 0.0745. The van der Waals surface area contributed by atoms with Crippen LogP contribution in [0.1, 0.15) is 19.4 Å². The molecule has 0 aliphatic rings. The van der Waals surface area contributed by atoms with E-state index < -0.39 is 23.1 Å². The summed E-state index contributed by atoms with van der Waals surface area (Å²) in [5, 5.41) is 9.85. The van der Waals surface area contributed by atoms with Crippen LogP contribution in [-0.2, 0) is 5.60 Å². The summed E-state index contributed by atoms with van der Waals surface area (Å²) in [5.74, 6) is -2.07. The lowest BCUT2D eigenvalue weighted by Gasteiger charge is -2.20. The molecule has 100 valence electrons. The molecule has 0 unspecified atom stereocenters. The van der Waals surface area contributed by atoms with E-state index >= 15 is 0 Å². The Balaban J connectivity index is 2.66. The van der Waals surface area contributed by atoms with Crippen molar-refractivity contribution in [2.24, 2.45) is 0 Å². The maximum atomic E-state index is 14.3. The first-order chi connectivity index (χ1) is 8.80. The van der Waals surface area contributed by atoms with Crippen molar-refractivity contribution >= 4 is 0 Å². The van der Waals surface area contributed by atoms with Crippen LogP contribution in [-0.4, -0.2) is 5.11 Å². The number of hydrogen-bond acceptors (Lipinski definition) is 1. The molecule has 0 fully saturated rings. The second kappa shape index (κ2) is 4.70. The van der Waals surface area contributed by atoms with Crippen LogP contribution in [0.5, 0.6) is 0 Å². The lowest BCUT2D eigenvalue weighted by Crippen LogP contribution is -2.18. The van der Waals surface area contributed by atoms with E-state index in [9.17, 15) is 18.3 Å². The van der Waals surface area contributed by atoms with E-state index in [2.05, 4.69) is 0 Å². The Morgan fingerprint density at radius 2 is 1.47 bits per heavy atom. The third-order valence-electron chi connectivity index (χ3n) is 2.88. The molecule has 2 aromatic carbocycles. The lowest BCUT2D eigenvalue weighted by atomic mass is 9.93.